The maximum atomic E-state index is 4.15. The molecule has 0 spiro atoms. The van der Waals surface area contributed by atoms with Crippen LogP contribution in [0.3, 0.4) is 0 Å². The predicted molar refractivity (Wildman–Crippen MR) is 68.0 cm³/mol. The van der Waals surface area contributed by atoms with Gasteiger partial charge in [0.05, 0.1) is 0 Å². The van der Waals surface area contributed by atoms with Gasteiger partial charge in [-0.25, -0.2) is 4.68 Å². The van der Waals surface area contributed by atoms with E-state index < -0.39 is 0 Å². The first kappa shape index (κ1) is 11.3. The minimum Gasteiger partial charge on any atom is -0.243 e. The molecule has 1 aromatic carbocycles. The number of aromatic nitrogens is 3. The first-order chi connectivity index (χ1) is 7.68. The monoisotopic (exact) mass is 279 g/mol. The number of hydrogen-bond acceptors (Lipinski definition) is 2. The van der Waals surface area contributed by atoms with Crippen LogP contribution in [0.4, 0.5) is 0 Å². The maximum absolute atomic E-state index is 4.15. The highest BCUT2D eigenvalue weighted by molar-refractivity contribution is 9.10. The summed E-state index contributed by atoms with van der Waals surface area (Å²) < 4.78 is 2.75. The number of nitrogens with zero attached hydrogens (tertiary/aromatic N) is 3. The summed E-state index contributed by atoms with van der Waals surface area (Å²) in [5.74, 6) is 0.552. The van der Waals surface area contributed by atoms with Gasteiger partial charge < -0.3 is 0 Å². The number of halogens is 1. The van der Waals surface area contributed by atoms with E-state index in [-0.39, 0.29) is 0 Å². The van der Waals surface area contributed by atoms with Gasteiger partial charge in [0.15, 0.2) is 4.60 Å². The van der Waals surface area contributed by atoms with Gasteiger partial charge in [-0.2, -0.15) is 0 Å². The van der Waals surface area contributed by atoms with Gasteiger partial charge in [0.25, 0.3) is 0 Å². The third-order valence-electron chi connectivity index (χ3n) is 2.28. The van der Waals surface area contributed by atoms with Crippen molar-refractivity contribution in [2.24, 2.45) is 5.92 Å². The van der Waals surface area contributed by atoms with Gasteiger partial charge in [0.1, 0.15) is 5.69 Å². The molecule has 2 rings (SSSR count). The molecule has 0 aliphatic heterocycles. The molecule has 84 valence electrons. The molecule has 0 aliphatic carbocycles. The molecule has 1 heterocycles. The van der Waals surface area contributed by atoms with Gasteiger partial charge in [-0.1, -0.05) is 49.4 Å². The average molecular weight is 280 g/mol. The highest BCUT2D eigenvalue weighted by atomic mass is 79.9. The molecule has 0 N–H and O–H groups in total. The van der Waals surface area contributed by atoms with Crippen LogP contribution in [-0.2, 0) is 6.54 Å². The zero-order valence-corrected chi connectivity index (χ0v) is 11.0. The van der Waals surface area contributed by atoms with Crippen molar-refractivity contribution in [1.29, 1.82) is 0 Å². The fraction of sp³-hybridized carbons (Fsp3) is 0.333. The van der Waals surface area contributed by atoms with Crippen molar-refractivity contribution < 1.29 is 0 Å². The third-order valence-corrected chi connectivity index (χ3v) is 2.81. The van der Waals surface area contributed by atoms with E-state index in [1.165, 1.54) is 0 Å². The van der Waals surface area contributed by atoms with Crippen molar-refractivity contribution in [3.63, 3.8) is 0 Å². The zero-order chi connectivity index (χ0) is 11.5. The lowest BCUT2D eigenvalue weighted by molar-refractivity contribution is 0.475. The van der Waals surface area contributed by atoms with Crippen LogP contribution in [0.15, 0.2) is 34.9 Å². The Morgan fingerprint density at radius 3 is 2.56 bits per heavy atom. The molecule has 4 heteroatoms. The van der Waals surface area contributed by atoms with Crippen LogP contribution in [0.1, 0.15) is 13.8 Å². The molecule has 0 aliphatic rings. The van der Waals surface area contributed by atoms with Crippen LogP contribution in [-0.4, -0.2) is 15.0 Å². The third kappa shape index (κ3) is 2.32. The minimum atomic E-state index is 0.552. The molecule has 16 heavy (non-hydrogen) atoms. The highest BCUT2D eigenvalue weighted by Crippen LogP contribution is 2.26. The van der Waals surface area contributed by atoms with E-state index in [1.54, 1.807) is 0 Å². The van der Waals surface area contributed by atoms with Crippen LogP contribution < -0.4 is 0 Å². The Bertz CT molecular complexity index is 462. The SMILES string of the molecule is CC(C)Cn1nnc(Br)c1-c1ccccc1. The molecule has 0 amide bonds. The Morgan fingerprint density at radius 2 is 1.94 bits per heavy atom. The van der Waals surface area contributed by atoms with Gasteiger partial charge in [0, 0.05) is 12.1 Å². The van der Waals surface area contributed by atoms with E-state index in [0.717, 1.165) is 22.4 Å². The minimum absolute atomic E-state index is 0.552. The molecule has 2 aromatic rings. The van der Waals surface area contributed by atoms with Gasteiger partial charge >= 0.3 is 0 Å². The van der Waals surface area contributed by atoms with E-state index in [2.05, 4.69) is 52.2 Å². The predicted octanol–water partition coefficient (Wildman–Crippen LogP) is 3.36. The quantitative estimate of drug-likeness (QED) is 0.863. The molecule has 0 atom stereocenters. The molecule has 0 saturated heterocycles. The lowest BCUT2D eigenvalue weighted by Gasteiger charge is -2.08. The zero-order valence-electron chi connectivity index (χ0n) is 9.39. The molecule has 3 nitrogen and oxygen atoms in total. The Balaban J connectivity index is 2.43. The fourth-order valence-electron chi connectivity index (χ4n) is 1.63. The highest BCUT2D eigenvalue weighted by Gasteiger charge is 2.13. The summed E-state index contributed by atoms with van der Waals surface area (Å²) in [5.41, 5.74) is 2.19. The smallest absolute Gasteiger partial charge is 0.156 e. The summed E-state index contributed by atoms with van der Waals surface area (Å²) in [4.78, 5) is 0. The van der Waals surface area contributed by atoms with Gasteiger partial charge in [0.2, 0.25) is 0 Å². The summed E-state index contributed by atoms with van der Waals surface area (Å²) in [6, 6.07) is 10.2. The molecule has 0 unspecified atom stereocenters. The lowest BCUT2D eigenvalue weighted by atomic mass is 10.1. The van der Waals surface area contributed by atoms with Crippen LogP contribution in [0, 0.1) is 5.92 Å². The molecule has 0 bridgehead atoms. The van der Waals surface area contributed by atoms with Crippen molar-refractivity contribution >= 4 is 15.9 Å². The fourth-order valence-corrected chi connectivity index (χ4v) is 2.13. The van der Waals surface area contributed by atoms with E-state index in [1.807, 2.05) is 22.9 Å². The van der Waals surface area contributed by atoms with Crippen LogP contribution in [0.2, 0.25) is 0 Å². The lowest BCUT2D eigenvalue weighted by Crippen LogP contribution is -2.07. The van der Waals surface area contributed by atoms with Crippen molar-refractivity contribution in [2.75, 3.05) is 0 Å². The molecule has 0 radical (unpaired) electrons. The molecular weight excluding hydrogens is 266 g/mol. The second-order valence-corrected chi connectivity index (χ2v) is 4.92. The van der Waals surface area contributed by atoms with Crippen LogP contribution in [0.25, 0.3) is 11.3 Å². The van der Waals surface area contributed by atoms with Crippen molar-refractivity contribution in [3.05, 3.63) is 34.9 Å². The summed E-state index contributed by atoms with van der Waals surface area (Å²) in [7, 11) is 0. The molecular formula is C12H14BrN3. The molecule has 1 aromatic heterocycles. The van der Waals surface area contributed by atoms with E-state index in [4.69, 9.17) is 0 Å². The summed E-state index contributed by atoms with van der Waals surface area (Å²) in [5, 5.41) is 8.23. The maximum Gasteiger partial charge on any atom is 0.156 e. The Kier molecular flexibility index (Phi) is 3.39. The van der Waals surface area contributed by atoms with Gasteiger partial charge in [-0.05, 0) is 21.8 Å². The van der Waals surface area contributed by atoms with Gasteiger partial charge in [-0.15, -0.1) is 5.10 Å². The van der Waals surface area contributed by atoms with Crippen molar-refractivity contribution in [1.82, 2.24) is 15.0 Å². The first-order valence-electron chi connectivity index (χ1n) is 5.33. The Morgan fingerprint density at radius 1 is 1.25 bits per heavy atom. The van der Waals surface area contributed by atoms with Crippen molar-refractivity contribution in [2.45, 2.75) is 20.4 Å². The second kappa shape index (κ2) is 4.78. The standard InChI is InChI=1S/C12H14BrN3/c1-9(2)8-16-11(12(13)14-15-16)10-6-4-3-5-7-10/h3-7,9H,8H2,1-2H3. The van der Waals surface area contributed by atoms with E-state index in [0.29, 0.717) is 5.92 Å². The topological polar surface area (TPSA) is 30.7 Å². The van der Waals surface area contributed by atoms with Crippen LogP contribution in [0.5, 0.6) is 0 Å². The van der Waals surface area contributed by atoms with Crippen LogP contribution >= 0.6 is 15.9 Å². The largest absolute Gasteiger partial charge is 0.243 e. The second-order valence-electron chi connectivity index (χ2n) is 4.17. The summed E-state index contributed by atoms with van der Waals surface area (Å²) in [6.07, 6.45) is 0. The van der Waals surface area contributed by atoms with Gasteiger partial charge in [-0.3, -0.25) is 0 Å². The summed E-state index contributed by atoms with van der Waals surface area (Å²) in [6.45, 7) is 5.22. The van der Waals surface area contributed by atoms with Crippen molar-refractivity contribution in [3.8, 4) is 11.3 Å². The first-order valence-corrected chi connectivity index (χ1v) is 6.12. The number of benzene rings is 1. The number of hydrogen-bond donors (Lipinski definition) is 0. The Hall–Kier alpha value is -1.16. The van der Waals surface area contributed by atoms with E-state index >= 15 is 0 Å². The average Bonchev–Trinajstić information content (AvgIpc) is 2.60. The normalized spacial score (nSPS) is 11.0. The summed E-state index contributed by atoms with van der Waals surface area (Å²) >= 11 is 3.45. The number of rotatable bonds is 3. The van der Waals surface area contributed by atoms with E-state index in [9.17, 15) is 0 Å². The molecule has 0 saturated carbocycles. The Labute approximate surface area is 104 Å². The molecule has 0 fully saturated rings.